The van der Waals surface area contributed by atoms with Crippen LogP contribution in [0.5, 0.6) is 0 Å². The topological polar surface area (TPSA) is 61.7 Å². The Hall–Kier alpha value is -0.650. The minimum absolute atomic E-state index is 0.189. The Bertz CT molecular complexity index is 430. The molecule has 0 spiro atoms. The van der Waals surface area contributed by atoms with Crippen LogP contribution >= 0.6 is 11.6 Å². The van der Waals surface area contributed by atoms with Gasteiger partial charge < -0.3 is 20.3 Å². The van der Waals surface area contributed by atoms with Crippen LogP contribution in [-0.4, -0.2) is 42.1 Å². The molecule has 1 aliphatic carbocycles. The molecule has 1 saturated carbocycles. The van der Waals surface area contributed by atoms with E-state index in [0.29, 0.717) is 24.1 Å². The molecule has 5 heteroatoms. The maximum Gasteiger partial charge on any atom is 0.0897 e. The second kappa shape index (κ2) is 8.71. The molecule has 2 rings (SSSR count). The Labute approximate surface area is 131 Å². The number of aliphatic hydroxyl groups excluding tert-OH is 2. The van der Waals surface area contributed by atoms with Gasteiger partial charge in [0.25, 0.3) is 0 Å². The van der Waals surface area contributed by atoms with Crippen LogP contribution in [0.4, 0.5) is 0 Å². The fourth-order valence-corrected chi connectivity index (χ4v) is 2.86. The highest BCUT2D eigenvalue weighted by Gasteiger charge is 2.24. The Morgan fingerprint density at radius 3 is 2.86 bits per heavy atom. The van der Waals surface area contributed by atoms with E-state index in [-0.39, 0.29) is 12.7 Å². The van der Waals surface area contributed by atoms with E-state index in [0.717, 1.165) is 31.4 Å². The third kappa shape index (κ3) is 5.57. The van der Waals surface area contributed by atoms with Gasteiger partial charge in [0.1, 0.15) is 0 Å². The first-order valence-corrected chi connectivity index (χ1v) is 7.92. The first kappa shape index (κ1) is 16.7. The van der Waals surface area contributed by atoms with E-state index in [4.69, 9.17) is 16.3 Å². The van der Waals surface area contributed by atoms with Gasteiger partial charge in [0, 0.05) is 18.1 Å². The lowest BCUT2D eigenvalue weighted by Gasteiger charge is -2.17. The third-order valence-electron chi connectivity index (χ3n) is 3.93. The molecule has 1 aromatic carbocycles. The van der Waals surface area contributed by atoms with E-state index >= 15 is 0 Å². The lowest BCUT2D eigenvalue weighted by atomic mass is 10.1. The minimum Gasteiger partial charge on any atom is -0.393 e. The normalized spacial score (nSPS) is 23.4. The Morgan fingerprint density at radius 1 is 1.33 bits per heavy atom. The first-order chi connectivity index (χ1) is 10.2. The number of rotatable bonds is 8. The smallest absolute Gasteiger partial charge is 0.0897 e. The largest absolute Gasteiger partial charge is 0.393 e. The predicted octanol–water partition coefficient (Wildman–Crippen LogP) is 1.97. The minimum atomic E-state index is -0.550. The van der Waals surface area contributed by atoms with Crippen LogP contribution in [0.1, 0.15) is 24.8 Å². The van der Waals surface area contributed by atoms with Gasteiger partial charge in [-0.15, -0.1) is 0 Å². The molecule has 0 radical (unpaired) electrons. The number of hydrogen-bond donors (Lipinski definition) is 3. The quantitative estimate of drug-likeness (QED) is 0.686. The summed E-state index contributed by atoms with van der Waals surface area (Å²) in [4.78, 5) is 0. The molecule has 0 heterocycles. The van der Waals surface area contributed by atoms with Crippen LogP contribution in [0.25, 0.3) is 0 Å². The molecule has 1 aliphatic rings. The highest BCUT2D eigenvalue weighted by Crippen LogP contribution is 2.24. The van der Waals surface area contributed by atoms with Gasteiger partial charge in [-0.2, -0.15) is 0 Å². The molecule has 0 saturated heterocycles. The predicted molar refractivity (Wildman–Crippen MR) is 83.3 cm³/mol. The van der Waals surface area contributed by atoms with E-state index in [2.05, 4.69) is 5.32 Å². The lowest BCUT2D eigenvalue weighted by molar-refractivity contribution is 0.0276. The SMILES string of the molecule is OC(CNCC1CCCC1O)COCc1ccccc1Cl. The Kier molecular flexibility index (Phi) is 6.93. The molecule has 3 N–H and O–H groups in total. The number of ether oxygens (including phenoxy) is 1. The van der Waals surface area contributed by atoms with Crippen molar-refractivity contribution in [2.45, 2.75) is 38.1 Å². The summed E-state index contributed by atoms with van der Waals surface area (Å²) >= 11 is 6.03. The summed E-state index contributed by atoms with van der Waals surface area (Å²) in [5.41, 5.74) is 0.924. The molecular weight excluding hydrogens is 290 g/mol. The summed E-state index contributed by atoms with van der Waals surface area (Å²) in [5.74, 6) is 0.321. The second-order valence-electron chi connectivity index (χ2n) is 5.68. The summed E-state index contributed by atoms with van der Waals surface area (Å²) < 4.78 is 5.48. The van der Waals surface area contributed by atoms with Crippen LogP contribution in [-0.2, 0) is 11.3 Å². The zero-order valence-corrected chi connectivity index (χ0v) is 12.9. The number of benzene rings is 1. The van der Waals surface area contributed by atoms with E-state index in [1.165, 1.54) is 0 Å². The molecule has 0 aliphatic heterocycles. The molecule has 3 atom stereocenters. The fraction of sp³-hybridized carbons (Fsp3) is 0.625. The van der Waals surface area contributed by atoms with Gasteiger partial charge in [-0.05, 0) is 30.4 Å². The van der Waals surface area contributed by atoms with E-state index in [1.54, 1.807) is 0 Å². The molecule has 4 nitrogen and oxygen atoms in total. The molecule has 3 unspecified atom stereocenters. The van der Waals surface area contributed by atoms with Crippen molar-refractivity contribution in [2.24, 2.45) is 5.92 Å². The van der Waals surface area contributed by atoms with Crippen LogP contribution in [0.3, 0.4) is 0 Å². The summed E-state index contributed by atoms with van der Waals surface area (Å²) in [6.07, 6.45) is 2.32. The van der Waals surface area contributed by atoms with Crippen molar-refractivity contribution in [3.8, 4) is 0 Å². The van der Waals surface area contributed by atoms with Gasteiger partial charge in [-0.3, -0.25) is 0 Å². The average Bonchev–Trinajstić information content (AvgIpc) is 2.87. The average molecular weight is 314 g/mol. The number of nitrogens with one attached hydrogen (secondary N) is 1. The lowest BCUT2D eigenvalue weighted by Crippen LogP contribution is -2.35. The first-order valence-electron chi connectivity index (χ1n) is 7.55. The number of aliphatic hydroxyl groups is 2. The summed E-state index contributed by atoms with van der Waals surface area (Å²) in [6, 6.07) is 7.52. The van der Waals surface area contributed by atoms with Gasteiger partial charge in [0.2, 0.25) is 0 Å². The van der Waals surface area contributed by atoms with Crippen molar-refractivity contribution in [1.29, 1.82) is 0 Å². The van der Waals surface area contributed by atoms with Crippen molar-refractivity contribution < 1.29 is 14.9 Å². The van der Waals surface area contributed by atoms with E-state index < -0.39 is 6.10 Å². The van der Waals surface area contributed by atoms with Crippen molar-refractivity contribution in [1.82, 2.24) is 5.32 Å². The van der Waals surface area contributed by atoms with Gasteiger partial charge in [-0.1, -0.05) is 36.2 Å². The zero-order chi connectivity index (χ0) is 15.1. The molecule has 0 aromatic heterocycles. The Balaban J connectivity index is 1.57. The van der Waals surface area contributed by atoms with Crippen LogP contribution in [0.15, 0.2) is 24.3 Å². The molecule has 1 fully saturated rings. The molecule has 21 heavy (non-hydrogen) atoms. The van der Waals surface area contributed by atoms with Crippen molar-refractivity contribution >= 4 is 11.6 Å². The maximum absolute atomic E-state index is 9.85. The highest BCUT2D eigenvalue weighted by atomic mass is 35.5. The van der Waals surface area contributed by atoms with Gasteiger partial charge in [0.15, 0.2) is 0 Å². The zero-order valence-electron chi connectivity index (χ0n) is 12.2. The van der Waals surface area contributed by atoms with Crippen LogP contribution < -0.4 is 5.32 Å². The Morgan fingerprint density at radius 2 is 2.14 bits per heavy atom. The third-order valence-corrected chi connectivity index (χ3v) is 4.30. The van der Waals surface area contributed by atoms with Crippen LogP contribution in [0, 0.1) is 5.92 Å². The summed E-state index contributed by atoms with van der Waals surface area (Å²) in [6.45, 7) is 1.90. The molecule has 118 valence electrons. The van der Waals surface area contributed by atoms with Crippen molar-refractivity contribution in [3.63, 3.8) is 0 Å². The van der Waals surface area contributed by atoms with Crippen LogP contribution in [0.2, 0.25) is 5.02 Å². The van der Waals surface area contributed by atoms with E-state index in [9.17, 15) is 10.2 Å². The van der Waals surface area contributed by atoms with Gasteiger partial charge in [0.05, 0.1) is 25.4 Å². The number of halogens is 1. The molecular formula is C16H24ClNO3. The summed E-state index contributed by atoms with van der Waals surface area (Å²) in [7, 11) is 0. The fourth-order valence-electron chi connectivity index (χ4n) is 2.67. The standard InChI is InChI=1S/C16H24ClNO3/c17-15-6-2-1-4-13(15)10-21-11-14(19)9-18-8-12-5-3-7-16(12)20/h1-2,4,6,12,14,16,18-20H,3,5,7-11H2. The monoisotopic (exact) mass is 313 g/mol. The van der Waals surface area contributed by atoms with Gasteiger partial charge in [-0.25, -0.2) is 0 Å². The highest BCUT2D eigenvalue weighted by molar-refractivity contribution is 6.31. The van der Waals surface area contributed by atoms with Crippen molar-refractivity contribution in [2.75, 3.05) is 19.7 Å². The second-order valence-corrected chi connectivity index (χ2v) is 6.08. The molecule has 1 aromatic rings. The van der Waals surface area contributed by atoms with Gasteiger partial charge >= 0.3 is 0 Å². The molecule has 0 amide bonds. The summed E-state index contributed by atoms with van der Waals surface area (Å²) in [5, 5.41) is 23.4. The molecule has 0 bridgehead atoms. The van der Waals surface area contributed by atoms with Crippen molar-refractivity contribution in [3.05, 3.63) is 34.9 Å². The number of hydrogen-bond acceptors (Lipinski definition) is 4. The van der Waals surface area contributed by atoms with E-state index in [1.807, 2.05) is 24.3 Å². The maximum atomic E-state index is 9.85.